The Labute approximate surface area is 194 Å². The molecule has 0 saturated heterocycles. The van der Waals surface area contributed by atoms with Crippen molar-refractivity contribution in [3.05, 3.63) is 72.6 Å². The number of ether oxygens (including phenoxy) is 2. The number of anilines is 1. The number of methoxy groups -OCH3 is 1. The smallest absolute Gasteiger partial charge is 0.195 e. The second kappa shape index (κ2) is 12.9. The molecule has 1 aromatic heterocycles. The average Bonchev–Trinajstić information content (AvgIpc) is 3.30. The predicted molar refractivity (Wildman–Crippen MR) is 131 cm³/mol. The fraction of sp³-hybridized carbons (Fsp3) is 0.273. The third kappa shape index (κ3) is 7.34. The Morgan fingerprint density at radius 2 is 1.93 bits per heavy atom. The van der Waals surface area contributed by atoms with E-state index >= 15 is 0 Å². The summed E-state index contributed by atoms with van der Waals surface area (Å²) in [6.45, 7) is 1.97. The number of hydrogen-bond donors (Lipinski definition) is 2. The van der Waals surface area contributed by atoms with Gasteiger partial charge in [-0.05, 0) is 35.9 Å². The zero-order valence-electron chi connectivity index (χ0n) is 17.2. The van der Waals surface area contributed by atoms with Crippen LogP contribution in [-0.2, 0) is 11.3 Å². The number of nitrogens with one attached hydrogen (secondary N) is 2. The highest BCUT2D eigenvalue weighted by atomic mass is 127. The molecule has 0 amide bonds. The lowest BCUT2D eigenvalue weighted by atomic mass is 10.2. The molecule has 0 atom stereocenters. The molecule has 2 aromatic carbocycles. The number of hydrogen-bond acceptors (Lipinski definition) is 4. The van der Waals surface area contributed by atoms with E-state index in [-0.39, 0.29) is 24.0 Å². The normalized spacial score (nSPS) is 10.9. The fourth-order valence-electron chi connectivity index (χ4n) is 2.75. The van der Waals surface area contributed by atoms with Gasteiger partial charge in [0.2, 0.25) is 0 Å². The molecule has 8 heteroatoms. The fourth-order valence-corrected chi connectivity index (χ4v) is 2.75. The maximum Gasteiger partial charge on any atom is 0.195 e. The lowest BCUT2D eigenvalue weighted by molar-refractivity contribution is 0.172. The molecule has 160 valence electrons. The molecule has 0 unspecified atom stereocenters. The van der Waals surface area contributed by atoms with Crippen LogP contribution >= 0.6 is 24.0 Å². The van der Waals surface area contributed by atoms with E-state index in [4.69, 9.17) is 9.47 Å². The summed E-state index contributed by atoms with van der Waals surface area (Å²) >= 11 is 0. The van der Waals surface area contributed by atoms with E-state index in [1.54, 1.807) is 20.4 Å². The van der Waals surface area contributed by atoms with Crippen molar-refractivity contribution in [2.24, 2.45) is 4.99 Å². The van der Waals surface area contributed by atoms with E-state index < -0.39 is 0 Å². The molecular formula is C22H28IN5O2. The third-order valence-corrected chi connectivity index (χ3v) is 4.25. The first kappa shape index (κ1) is 23.7. The molecule has 0 aliphatic heterocycles. The summed E-state index contributed by atoms with van der Waals surface area (Å²) in [6.07, 6.45) is 4.55. The minimum Gasteiger partial charge on any atom is -0.493 e. The minimum absolute atomic E-state index is 0. The molecule has 0 spiro atoms. The van der Waals surface area contributed by atoms with E-state index in [1.165, 1.54) is 0 Å². The Morgan fingerprint density at radius 1 is 1.10 bits per heavy atom. The largest absolute Gasteiger partial charge is 0.493 e. The number of nitrogens with zero attached hydrogens (tertiary/aromatic N) is 3. The highest BCUT2D eigenvalue weighted by Crippen LogP contribution is 2.17. The molecule has 0 aliphatic rings. The minimum atomic E-state index is 0. The number of aliphatic imine (C=N–C) groups is 1. The van der Waals surface area contributed by atoms with Crippen LogP contribution in [0.1, 0.15) is 12.0 Å². The number of aromatic nitrogens is 2. The van der Waals surface area contributed by atoms with Crippen molar-refractivity contribution in [2.75, 3.05) is 32.7 Å². The summed E-state index contributed by atoms with van der Waals surface area (Å²) < 4.78 is 12.6. The zero-order chi connectivity index (χ0) is 20.3. The van der Waals surface area contributed by atoms with Crippen molar-refractivity contribution in [3.63, 3.8) is 0 Å². The maximum absolute atomic E-state index is 5.75. The lowest BCUT2D eigenvalue weighted by Gasteiger charge is -2.13. The highest BCUT2D eigenvalue weighted by molar-refractivity contribution is 14.0. The van der Waals surface area contributed by atoms with E-state index in [1.807, 2.05) is 53.3 Å². The van der Waals surface area contributed by atoms with Gasteiger partial charge in [0.15, 0.2) is 5.96 Å². The van der Waals surface area contributed by atoms with E-state index in [9.17, 15) is 0 Å². The van der Waals surface area contributed by atoms with Gasteiger partial charge in [-0.1, -0.05) is 18.2 Å². The summed E-state index contributed by atoms with van der Waals surface area (Å²) in [6, 6.07) is 18.0. The van der Waals surface area contributed by atoms with Crippen LogP contribution in [0.2, 0.25) is 0 Å². The van der Waals surface area contributed by atoms with Crippen molar-refractivity contribution in [1.29, 1.82) is 0 Å². The third-order valence-electron chi connectivity index (χ3n) is 4.25. The van der Waals surface area contributed by atoms with Gasteiger partial charge in [0.25, 0.3) is 0 Å². The van der Waals surface area contributed by atoms with Gasteiger partial charge >= 0.3 is 0 Å². The highest BCUT2D eigenvalue weighted by Gasteiger charge is 2.03. The van der Waals surface area contributed by atoms with Crippen LogP contribution in [0.4, 0.5) is 5.69 Å². The van der Waals surface area contributed by atoms with E-state index in [0.29, 0.717) is 25.7 Å². The van der Waals surface area contributed by atoms with Gasteiger partial charge in [-0.2, -0.15) is 5.10 Å². The van der Waals surface area contributed by atoms with Crippen LogP contribution in [0.5, 0.6) is 5.75 Å². The Balaban J connectivity index is 0.00000320. The van der Waals surface area contributed by atoms with E-state index in [2.05, 4.69) is 32.9 Å². The summed E-state index contributed by atoms with van der Waals surface area (Å²) in [5.74, 6) is 1.51. The van der Waals surface area contributed by atoms with Crippen LogP contribution in [0.3, 0.4) is 0 Å². The van der Waals surface area contributed by atoms with Gasteiger partial charge < -0.3 is 20.1 Å². The first-order valence-electron chi connectivity index (χ1n) is 9.57. The average molecular weight is 521 g/mol. The molecular weight excluding hydrogens is 493 g/mol. The Bertz CT molecular complexity index is 898. The van der Waals surface area contributed by atoms with Crippen molar-refractivity contribution in [1.82, 2.24) is 15.1 Å². The molecule has 30 heavy (non-hydrogen) atoms. The van der Waals surface area contributed by atoms with Crippen LogP contribution in [0.15, 0.2) is 72.0 Å². The quantitative estimate of drug-likeness (QED) is 0.192. The molecule has 7 nitrogen and oxygen atoms in total. The van der Waals surface area contributed by atoms with Gasteiger partial charge in [0.05, 0.1) is 12.3 Å². The number of halogens is 1. The van der Waals surface area contributed by atoms with Gasteiger partial charge in [-0.15, -0.1) is 24.0 Å². The van der Waals surface area contributed by atoms with Crippen LogP contribution in [0.25, 0.3) is 5.69 Å². The molecule has 2 N–H and O–H groups in total. The molecule has 0 radical (unpaired) electrons. The van der Waals surface area contributed by atoms with Crippen molar-refractivity contribution < 1.29 is 9.47 Å². The van der Waals surface area contributed by atoms with Crippen molar-refractivity contribution >= 4 is 35.6 Å². The van der Waals surface area contributed by atoms with Crippen molar-refractivity contribution in [3.8, 4) is 11.4 Å². The molecule has 0 fully saturated rings. The molecule has 0 aliphatic carbocycles. The van der Waals surface area contributed by atoms with E-state index in [0.717, 1.165) is 29.1 Å². The standard InChI is InChI=1S/C22H27N5O2.HI/c1-23-22(26-19-6-3-7-21(16-19)29-15-5-14-28-2)24-17-18-8-10-20(11-9-18)27-13-4-12-25-27;/h3-4,6-13,16H,5,14-15,17H2,1-2H3,(H2,23,24,26);1H. The Hall–Kier alpha value is -2.59. The summed E-state index contributed by atoms with van der Waals surface area (Å²) in [4.78, 5) is 4.30. The SMILES string of the molecule is CN=C(NCc1ccc(-n2cccn2)cc1)Nc1cccc(OCCCOC)c1.I. The van der Waals surface area contributed by atoms with Gasteiger partial charge in [0.1, 0.15) is 5.75 Å². The van der Waals surface area contributed by atoms with Crippen LogP contribution < -0.4 is 15.4 Å². The van der Waals surface area contributed by atoms with Gasteiger partial charge in [-0.25, -0.2) is 4.68 Å². The maximum atomic E-state index is 5.75. The summed E-state index contributed by atoms with van der Waals surface area (Å²) in [5.41, 5.74) is 3.10. The Morgan fingerprint density at radius 3 is 2.63 bits per heavy atom. The second-order valence-corrected chi connectivity index (χ2v) is 6.39. The number of benzene rings is 2. The zero-order valence-corrected chi connectivity index (χ0v) is 19.6. The first-order chi connectivity index (χ1) is 14.3. The first-order valence-corrected chi connectivity index (χ1v) is 9.57. The summed E-state index contributed by atoms with van der Waals surface area (Å²) in [5, 5.41) is 10.9. The Kier molecular flexibility index (Phi) is 10.2. The lowest BCUT2D eigenvalue weighted by Crippen LogP contribution is -2.30. The van der Waals surface area contributed by atoms with Crippen LogP contribution in [-0.4, -0.2) is 43.1 Å². The predicted octanol–water partition coefficient (Wildman–Crippen LogP) is 4.09. The molecule has 3 rings (SSSR count). The summed E-state index contributed by atoms with van der Waals surface area (Å²) in [7, 11) is 3.44. The topological polar surface area (TPSA) is 72.7 Å². The number of rotatable bonds is 9. The van der Waals surface area contributed by atoms with Crippen LogP contribution in [0, 0.1) is 0 Å². The number of guanidine groups is 1. The second-order valence-electron chi connectivity index (χ2n) is 6.39. The molecule has 0 saturated carbocycles. The molecule has 0 bridgehead atoms. The molecule has 3 aromatic rings. The van der Waals surface area contributed by atoms with Gasteiger partial charge in [-0.3, -0.25) is 4.99 Å². The molecule has 1 heterocycles. The van der Waals surface area contributed by atoms with Gasteiger partial charge in [0, 0.05) is 57.9 Å². The monoisotopic (exact) mass is 521 g/mol. The van der Waals surface area contributed by atoms with Crippen molar-refractivity contribution in [2.45, 2.75) is 13.0 Å².